The van der Waals surface area contributed by atoms with E-state index in [0.29, 0.717) is 23.9 Å². The van der Waals surface area contributed by atoms with Crippen molar-refractivity contribution < 1.29 is 14.3 Å². The summed E-state index contributed by atoms with van der Waals surface area (Å²) in [4.78, 5) is 25.2. The van der Waals surface area contributed by atoms with E-state index in [4.69, 9.17) is 16.3 Å². The normalized spacial score (nSPS) is 17.0. The highest BCUT2D eigenvalue weighted by Gasteiger charge is 2.24. The molecule has 1 heterocycles. The minimum Gasteiger partial charge on any atom is -0.481 e. The lowest BCUT2D eigenvalue weighted by Crippen LogP contribution is -2.48. The van der Waals surface area contributed by atoms with Crippen molar-refractivity contribution in [1.82, 2.24) is 10.2 Å². The van der Waals surface area contributed by atoms with E-state index < -0.39 is 6.10 Å². The van der Waals surface area contributed by atoms with Gasteiger partial charge >= 0.3 is 0 Å². The highest BCUT2D eigenvalue weighted by Crippen LogP contribution is 2.18. The van der Waals surface area contributed by atoms with Gasteiger partial charge < -0.3 is 15.0 Å². The van der Waals surface area contributed by atoms with Crippen molar-refractivity contribution in [3.05, 3.63) is 29.3 Å². The Morgan fingerprint density at radius 2 is 2.05 bits per heavy atom. The van der Waals surface area contributed by atoms with Crippen molar-refractivity contribution in [3.8, 4) is 5.75 Å². The molecule has 0 spiro atoms. The zero-order chi connectivity index (χ0) is 16.1. The molecule has 1 aromatic carbocycles. The molecular weight excluding hydrogens is 304 g/mol. The molecule has 120 valence electrons. The van der Waals surface area contributed by atoms with E-state index in [1.54, 1.807) is 43.0 Å². The van der Waals surface area contributed by atoms with E-state index in [1.807, 2.05) is 0 Å². The van der Waals surface area contributed by atoms with E-state index >= 15 is 0 Å². The zero-order valence-corrected chi connectivity index (χ0v) is 13.6. The van der Waals surface area contributed by atoms with E-state index in [2.05, 4.69) is 5.32 Å². The number of carbonyl (C=O) groups is 2. The average molecular weight is 325 g/mol. The molecule has 1 aromatic rings. The maximum absolute atomic E-state index is 12.2. The number of halogens is 1. The Bertz CT molecular complexity index is 542. The van der Waals surface area contributed by atoms with Crippen LogP contribution in [0, 0.1) is 0 Å². The fourth-order valence-electron chi connectivity index (χ4n) is 2.46. The lowest BCUT2D eigenvalue weighted by molar-refractivity contribution is -0.130. The maximum atomic E-state index is 12.2. The van der Waals surface area contributed by atoms with Crippen molar-refractivity contribution >= 4 is 23.4 Å². The van der Waals surface area contributed by atoms with Crippen LogP contribution in [0.4, 0.5) is 0 Å². The van der Waals surface area contributed by atoms with Crippen LogP contribution in [-0.2, 0) is 9.59 Å². The zero-order valence-electron chi connectivity index (χ0n) is 12.8. The maximum Gasteiger partial charge on any atom is 0.260 e. The summed E-state index contributed by atoms with van der Waals surface area (Å²) in [5, 5.41) is 3.55. The molecule has 22 heavy (non-hydrogen) atoms. The predicted octanol–water partition coefficient (Wildman–Crippen LogP) is 2.23. The fourth-order valence-corrected chi connectivity index (χ4v) is 2.64. The minimum atomic E-state index is -0.593. The van der Waals surface area contributed by atoms with Gasteiger partial charge in [0.15, 0.2) is 6.10 Å². The smallest absolute Gasteiger partial charge is 0.260 e. The summed E-state index contributed by atoms with van der Waals surface area (Å²) in [7, 11) is 0. The van der Waals surface area contributed by atoms with Crippen LogP contribution in [0.1, 0.15) is 26.7 Å². The third kappa shape index (κ3) is 4.63. The summed E-state index contributed by atoms with van der Waals surface area (Å²) in [5.41, 5.74) is 0. The van der Waals surface area contributed by atoms with Gasteiger partial charge in [0, 0.05) is 31.1 Å². The monoisotopic (exact) mass is 324 g/mol. The van der Waals surface area contributed by atoms with Crippen LogP contribution >= 0.6 is 11.6 Å². The Hall–Kier alpha value is -1.75. The topological polar surface area (TPSA) is 58.6 Å². The van der Waals surface area contributed by atoms with Crippen molar-refractivity contribution in [2.45, 2.75) is 38.8 Å². The van der Waals surface area contributed by atoms with Gasteiger partial charge in [-0.2, -0.15) is 0 Å². The molecular formula is C16H21ClN2O3. The van der Waals surface area contributed by atoms with Gasteiger partial charge in [0.05, 0.1) is 0 Å². The van der Waals surface area contributed by atoms with E-state index in [-0.39, 0.29) is 17.9 Å². The number of carbonyl (C=O) groups excluding carboxylic acids is 2. The number of amides is 2. The lowest BCUT2D eigenvalue weighted by atomic mass is 10.0. The first-order valence-electron chi connectivity index (χ1n) is 7.44. The van der Waals surface area contributed by atoms with Crippen molar-refractivity contribution in [1.29, 1.82) is 0 Å². The summed E-state index contributed by atoms with van der Waals surface area (Å²) >= 11 is 5.89. The number of benzene rings is 1. The number of hydrogen-bond donors (Lipinski definition) is 1. The van der Waals surface area contributed by atoms with Crippen LogP contribution in [0.3, 0.4) is 0 Å². The molecule has 5 nitrogen and oxygen atoms in total. The second kappa shape index (κ2) is 7.49. The fraction of sp³-hybridized carbons (Fsp3) is 0.500. The van der Waals surface area contributed by atoms with Gasteiger partial charge in [-0.05, 0) is 38.0 Å². The van der Waals surface area contributed by atoms with Gasteiger partial charge in [-0.25, -0.2) is 0 Å². The first-order chi connectivity index (χ1) is 10.5. The molecule has 2 amide bonds. The van der Waals surface area contributed by atoms with Gasteiger partial charge in [0.25, 0.3) is 5.91 Å². The van der Waals surface area contributed by atoms with Gasteiger partial charge in [-0.3, -0.25) is 9.59 Å². The highest BCUT2D eigenvalue weighted by atomic mass is 35.5. The Balaban J connectivity index is 1.81. The summed E-state index contributed by atoms with van der Waals surface area (Å²) in [5.74, 6) is 0.505. The molecule has 1 atom stereocenters. The Labute approximate surface area is 135 Å². The molecule has 0 unspecified atom stereocenters. The molecule has 0 saturated carbocycles. The molecule has 1 saturated heterocycles. The van der Waals surface area contributed by atoms with E-state index in [9.17, 15) is 9.59 Å². The molecule has 0 bridgehead atoms. The van der Waals surface area contributed by atoms with Gasteiger partial charge in [0.2, 0.25) is 5.91 Å². The van der Waals surface area contributed by atoms with Crippen LogP contribution in [-0.4, -0.2) is 41.9 Å². The number of nitrogens with one attached hydrogen (secondary N) is 1. The van der Waals surface area contributed by atoms with Gasteiger partial charge in [-0.15, -0.1) is 0 Å². The standard InChI is InChI=1S/C16H21ClN2O3/c1-11(22-15-5-3-4-13(17)10-15)16(21)18-14-6-8-19(9-7-14)12(2)20/h3-5,10-11,14H,6-9H2,1-2H3,(H,18,21)/t11-/m1/s1. The molecule has 6 heteroatoms. The number of piperidine rings is 1. The number of rotatable bonds is 4. The number of hydrogen-bond acceptors (Lipinski definition) is 3. The summed E-state index contributed by atoms with van der Waals surface area (Å²) in [6.45, 7) is 4.65. The molecule has 1 fully saturated rings. The van der Waals surface area contributed by atoms with Crippen molar-refractivity contribution in [3.63, 3.8) is 0 Å². The molecule has 0 radical (unpaired) electrons. The first-order valence-corrected chi connectivity index (χ1v) is 7.81. The predicted molar refractivity (Wildman–Crippen MR) is 85.0 cm³/mol. The van der Waals surface area contributed by atoms with Crippen LogP contribution in [0.2, 0.25) is 5.02 Å². The molecule has 1 aliphatic rings. The highest BCUT2D eigenvalue weighted by molar-refractivity contribution is 6.30. The Morgan fingerprint density at radius 1 is 1.36 bits per heavy atom. The average Bonchev–Trinajstić information content (AvgIpc) is 2.47. The summed E-state index contributed by atoms with van der Waals surface area (Å²) in [6, 6.07) is 7.06. The van der Waals surface area contributed by atoms with Gasteiger partial charge in [0.1, 0.15) is 5.75 Å². The molecule has 0 aliphatic carbocycles. The second-order valence-electron chi connectivity index (χ2n) is 5.51. The quantitative estimate of drug-likeness (QED) is 0.924. The van der Waals surface area contributed by atoms with Crippen LogP contribution in [0.25, 0.3) is 0 Å². The Kier molecular flexibility index (Phi) is 5.66. The van der Waals surface area contributed by atoms with Crippen molar-refractivity contribution in [2.24, 2.45) is 0 Å². The van der Waals surface area contributed by atoms with E-state index in [0.717, 1.165) is 12.8 Å². The Morgan fingerprint density at radius 3 is 2.64 bits per heavy atom. The first kappa shape index (κ1) is 16.6. The molecule has 0 aromatic heterocycles. The summed E-state index contributed by atoms with van der Waals surface area (Å²) < 4.78 is 5.60. The molecule has 2 rings (SSSR count). The third-order valence-corrected chi connectivity index (χ3v) is 4.00. The summed E-state index contributed by atoms with van der Waals surface area (Å²) in [6.07, 6.45) is 0.953. The number of ether oxygens (including phenoxy) is 1. The SMILES string of the molecule is CC(=O)N1CCC(NC(=O)[C@@H](C)Oc2cccc(Cl)c2)CC1. The molecule has 1 N–H and O–H groups in total. The van der Waals surface area contributed by atoms with E-state index in [1.165, 1.54) is 0 Å². The lowest BCUT2D eigenvalue weighted by Gasteiger charge is -2.32. The molecule has 1 aliphatic heterocycles. The van der Waals surface area contributed by atoms with Gasteiger partial charge in [-0.1, -0.05) is 17.7 Å². The second-order valence-corrected chi connectivity index (χ2v) is 5.94. The van der Waals surface area contributed by atoms with Crippen LogP contribution in [0.15, 0.2) is 24.3 Å². The largest absolute Gasteiger partial charge is 0.481 e. The third-order valence-electron chi connectivity index (χ3n) is 3.76. The van der Waals surface area contributed by atoms with Crippen LogP contribution < -0.4 is 10.1 Å². The number of likely N-dealkylation sites (tertiary alicyclic amines) is 1. The number of nitrogens with zero attached hydrogens (tertiary/aromatic N) is 1. The van der Waals surface area contributed by atoms with Crippen LogP contribution in [0.5, 0.6) is 5.75 Å². The minimum absolute atomic E-state index is 0.0856. The van der Waals surface area contributed by atoms with Crippen molar-refractivity contribution in [2.75, 3.05) is 13.1 Å².